The number of benzene rings is 2. The fourth-order valence-corrected chi connectivity index (χ4v) is 5.67. The molecule has 1 spiro atoms. The number of hydrogen-bond acceptors (Lipinski definition) is 4. The van der Waals surface area contributed by atoms with Crippen molar-refractivity contribution < 1.29 is 4.79 Å². The Kier molecular flexibility index (Phi) is 5.80. The van der Waals surface area contributed by atoms with Crippen LogP contribution >= 0.6 is 15.9 Å². The van der Waals surface area contributed by atoms with Gasteiger partial charge in [0.1, 0.15) is 4.47 Å². The number of amides is 1. The summed E-state index contributed by atoms with van der Waals surface area (Å²) in [6, 6.07) is 20.1. The first-order chi connectivity index (χ1) is 16.0. The van der Waals surface area contributed by atoms with Gasteiger partial charge in [0.05, 0.1) is 22.9 Å². The number of carbonyl (C=O) groups is 1. The van der Waals surface area contributed by atoms with Gasteiger partial charge in [0.25, 0.3) is 11.5 Å². The Labute approximate surface area is 200 Å². The van der Waals surface area contributed by atoms with Crippen molar-refractivity contribution in [1.82, 2.24) is 20.1 Å². The van der Waals surface area contributed by atoms with E-state index in [4.69, 9.17) is 0 Å². The first kappa shape index (κ1) is 21.9. The molecule has 33 heavy (non-hydrogen) atoms. The van der Waals surface area contributed by atoms with Gasteiger partial charge in [-0.05, 0) is 46.8 Å². The molecule has 3 aromatic rings. The highest BCUT2D eigenvalue weighted by Crippen LogP contribution is 2.42. The largest absolute Gasteiger partial charge is 0.291 e. The Bertz CT molecular complexity index is 1240. The number of aryl methyl sites for hydroxylation is 1. The van der Waals surface area contributed by atoms with Crippen molar-refractivity contribution in [1.29, 1.82) is 0 Å². The predicted molar refractivity (Wildman–Crippen MR) is 131 cm³/mol. The molecule has 1 unspecified atom stereocenters. The average Bonchev–Trinajstić information content (AvgIpc) is 3.32. The molecule has 7 nitrogen and oxygen atoms in total. The lowest BCUT2D eigenvalue weighted by molar-refractivity contribution is -0.128. The van der Waals surface area contributed by atoms with Gasteiger partial charge in [-0.2, -0.15) is 5.10 Å². The molecule has 2 aromatic carbocycles. The number of likely N-dealkylation sites (tertiary alicyclic amines) is 1. The molecule has 1 fully saturated rings. The van der Waals surface area contributed by atoms with E-state index in [0.29, 0.717) is 36.9 Å². The number of H-pyrrole nitrogens is 1. The molecule has 3 heterocycles. The van der Waals surface area contributed by atoms with Crippen molar-refractivity contribution in [2.45, 2.75) is 32.4 Å². The predicted octanol–water partition coefficient (Wildman–Crippen LogP) is 3.66. The zero-order chi connectivity index (χ0) is 23.0. The van der Waals surface area contributed by atoms with Gasteiger partial charge in [0, 0.05) is 19.6 Å². The van der Waals surface area contributed by atoms with E-state index < -0.39 is 5.41 Å². The molecular weight excluding hydrogens is 482 g/mol. The highest BCUT2D eigenvalue weighted by molar-refractivity contribution is 9.10. The van der Waals surface area contributed by atoms with Gasteiger partial charge in [-0.15, -0.1) is 0 Å². The zero-order valence-electron chi connectivity index (χ0n) is 18.4. The van der Waals surface area contributed by atoms with Crippen LogP contribution in [0.25, 0.3) is 0 Å². The Hall–Kier alpha value is -2.97. The second kappa shape index (κ2) is 8.76. The number of carbonyl (C=O) groups excluding carboxylic acids is 1. The van der Waals surface area contributed by atoms with Crippen LogP contribution in [0.15, 0.2) is 75.0 Å². The normalized spacial score (nSPS) is 18.8. The standard InChI is InChI=1S/C25H26BrN5O2/c1-2-31-21(19(26)23(32)29-31)20(17-9-5-3-6-10-17)30-15-13-25(14-16-30)22(27-28-24(25)33)18-11-7-4-8-12-18/h3-12,20H,2,13-16H2,1H3,(H,28,33)(H,29,32). The van der Waals surface area contributed by atoms with Crippen LogP contribution in [0.3, 0.4) is 0 Å². The van der Waals surface area contributed by atoms with Crippen molar-refractivity contribution in [3.05, 3.63) is 92.3 Å². The van der Waals surface area contributed by atoms with Crippen LogP contribution in [0.4, 0.5) is 0 Å². The van der Waals surface area contributed by atoms with Crippen LogP contribution in [-0.4, -0.2) is 39.4 Å². The van der Waals surface area contributed by atoms with E-state index in [0.717, 1.165) is 22.5 Å². The Morgan fingerprint density at radius 2 is 1.67 bits per heavy atom. The lowest BCUT2D eigenvalue weighted by Gasteiger charge is -2.42. The molecule has 170 valence electrons. The number of hydrazone groups is 1. The van der Waals surface area contributed by atoms with E-state index in [9.17, 15) is 9.59 Å². The van der Waals surface area contributed by atoms with Gasteiger partial charge in [0.15, 0.2) is 0 Å². The first-order valence-corrected chi connectivity index (χ1v) is 12.1. The SMILES string of the molecule is CCn1[nH]c(=O)c(Br)c1C(c1ccccc1)N1CCC2(CC1)C(=O)NN=C2c1ccccc1. The molecule has 8 heteroatoms. The van der Waals surface area contributed by atoms with Crippen molar-refractivity contribution in [2.75, 3.05) is 13.1 Å². The maximum Gasteiger partial charge on any atom is 0.278 e. The summed E-state index contributed by atoms with van der Waals surface area (Å²) in [4.78, 5) is 27.9. The number of halogens is 1. The van der Waals surface area contributed by atoms with Crippen LogP contribution < -0.4 is 11.0 Å². The molecule has 0 radical (unpaired) electrons. The van der Waals surface area contributed by atoms with Crippen molar-refractivity contribution in [2.24, 2.45) is 10.5 Å². The summed E-state index contributed by atoms with van der Waals surface area (Å²) in [6.07, 6.45) is 1.32. The topological polar surface area (TPSA) is 82.5 Å². The molecule has 0 saturated carbocycles. The van der Waals surface area contributed by atoms with E-state index in [2.05, 4.69) is 48.6 Å². The van der Waals surface area contributed by atoms with Gasteiger partial charge in [-0.1, -0.05) is 60.7 Å². The lowest BCUT2D eigenvalue weighted by Crippen LogP contribution is -2.49. The van der Waals surface area contributed by atoms with Crippen LogP contribution in [0.1, 0.15) is 42.6 Å². The smallest absolute Gasteiger partial charge is 0.278 e. The summed E-state index contributed by atoms with van der Waals surface area (Å²) in [7, 11) is 0. The van der Waals surface area contributed by atoms with E-state index in [-0.39, 0.29) is 17.5 Å². The zero-order valence-corrected chi connectivity index (χ0v) is 20.0. The maximum absolute atomic E-state index is 13.0. The molecule has 2 aliphatic rings. The van der Waals surface area contributed by atoms with Crippen LogP contribution in [0.5, 0.6) is 0 Å². The molecule has 2 N–H and O–H groups in total. The van der Waals surface area contributed by atoms with Gasteiger partial charge in [0.2, 0.25) is 0 Å². The molecule has 1 saturated heterocycles. The fourth-order valence-electron chi connectivity index (χ4n) is 5.15. The quantitative estimate of drug-likeness (QED) is 0.552. The van der Waals surface area contributed by atoms with Gasteiger partial charge < -0.3 is 0 Å². The molecule has 1 atom stereocenters. The number of hydrogen-bond donors (Lipinski definition) is 2. The van der Waals surface area contributed by atoms with Crippen LogP contribution in [-0.2, 0) is 11.3 Å². The van der Waals surface area contributed by atoms with Gasteiger partial charge in [-0.3, -0.25) is 24.3 Å². The van der Waals surface area contributed by atoms with Crippen LogP contribution in [0.2, 0.25) is 0 Å². The molecular formula is C25H26BrN5O2. The van der Waals surface area contributed by atoms with E-state index in [1.54, 1.807) is 0 Å². The van der Waals surface area contributed by atoms with Gasteiger partial charge >= 0.3 is 0 Å². The molecule has 1 amide bonds. The second-order valence-corrected chi connectivity index (χ2v) is 9.38. The number of nitrogens with zero attached hydrogens (tertiary/aromatic N) is 3. The number of nitrogens with one attached hydrogen (secondary N) is 2. The fraction of sp³-hybridized carbons (Fsp3) is 0.320. The minimum absolute atomic E-state index is 0.0226. The summed E-state index contributed by atoms with van der Waals surface area (Å²) in [5, 5.41) is 7.38. The minimum atomic E-state index is -0.626. The summed E-state index contributed by atoms with van der Waals surface area (Å²) in [5.41, 5.74) is 5.83. The molecule has 2 aliphatic heterocycles. The third kappa shape index (κ3) is 3.67. The summed E-state index contributed by atoms with van der Waals surface area (Å²) >= 11 is 3.54. The Balaban J connectivity index is 1.50. The third-order valence-corrected chi connectivity index (χ3v) is 7.63. The third-order valence-electron chi connectivity index (χ3n) is 6.86. The lowest BCUT2D eigenvalue weighted by atomic mass is 9.72. The van der Waals surface area contributed by atoms with E-state index in [1.807, 2.05) is 60.1 Å². The average molecular weight is 508 g/mol. The second-order valence-electron chi connectivity index (χ2n) is 8.58. The van der Waals surface area contributed by atoms with Crippen molar-refractivity contribution >= 4 is 27.5 Å². The van der Waals surface area contributed by atoms with Crippen molar-refractivity contribution in [3.63, 3.8) is 0 Å². The first-order valence-electron chi connectivity index (χ1n) is 11.3. The highest BCUT2D eigenvalue weighted by Gasteiger charge is 2.50. The number of aromatic amines is 1. The number of piperidine rings is 1. The summed E-state index contributed by atoms with van der Waals surface area (Å²) in [5.74, 6) is -0.0226. The maximum atomic E-state index is 13.0. The van der Waals surface area contributed by atoms with E-state index in [1.165, 1.54) is 0 Å². The monoisotopic (exact) mass is 507 g/mol. The number of rotatable bonds is 5. The minimum Gasteiger partial charge on any atom is -0.291 e. The van der Waals surface area contributed by atoms with Gasteiger partial charge in [-0.25, -0.2) is 5.43 Å². The van der Waals surface area contributed by atoms with Crippen LogP contribution in [0, 0.1) is 5.41 Å². The molecule has 1 aromatic heterocycles. The van der Waals surface area contributed by atoms with Crippen molar-refractivity contribution in [3.8, 4) is 0 Å². The van der Waals surface area contributed by atoms with E-state index >= 15 is 0 Å². The Morgan fingerprint density at radius 3 is 2.30 bits per heavy atom. The highest BCUT2D eigenvalue weighted by atomic mass is 79.9. The summed E-state index contributed by atoms with van der Waals surface area (Å²) < 4.78 is 2.47. The molecule has 0 aliphatic carbocycles. The number of aromatic nitrogens is 2. The molecule has 0 bridgehead atoms. The molecule has 5 rings (SSSR count). The Morgan fingerprint density at radius 1 is 1.03 bits per heavy atom. The summed E-state index contributed by atoms with van der Waals surface area (Å²) in [6.45, 7) is 4.08.